The lowest BCUT2D eigenvalue weighted by Gasteiger charge is -2.12. The largest absolute Gasteiger partial charge is 0.438 e. The molecule has 0 saturated heterocycles. The Morgan fingerprint density at radius 1 is 1.22 bits per heavy atom. The van der Waals surface area contributed by atoms with Crippen molar-refractivity contribution in [3.05, 3.63) is 66.3 Å². The highest BCUT2D eigenvalue weighted by Crippen LogP contribution is 2.38. The monoisotopic (exact) mass is 434 g/mol. The van der Waals surface area contributed by atoms with Gasteiger partial charge in [0, 0.05) is 11.6 Å². The van der Waals surface area contributed by atoms with E-state index in [9.17, 15) is 9.59 Å². The van der Waals surface area contributed by atoms with Gasteiger partial charge < -0.3 is 21.5 Å². The molecule has 0 radical (unpaired) electrons. The number of nitrogens with one attached hydrogen (secondary N) is 1. The van der Waals surface area contributed by atoms with Crippen molar-refractivity contribution in [2.75, 3.05) is 0 Å². The van der Waals surface area contributed by atoms with Gasteiger partial charge in [-0.1, -0.05) is 6.58 Å². The van der Waals surface area contributed by atoms with Crippen molar-refractivity contribution in [3.8, 4) is 11.6 Å². The van der Waals surface area contributed by atoms with Crippen molar-refractivity contribution in [2.45, 2.75) is 38.6 Å². The number of aliphatic imine (C=N–C) groups is 1. The molecular weight excluding hydrogens is 408 g/mol. The molecule has 1 aromatic heterocycles. The first-order valence-corrected chi connectivity index (χ1v) is 10.1. The van der Waals surface area contributed by atoms with E-state index < -0.39 is 17.9 Å². The van der Waals surface area contributed by atoms with E-state index in [1.54, 1.807) is 50.5 Å². The molecule has 1 aromatic carbocycles. The Bertz CT molecular complexity index is 1070. The maximum Gasteiger partial charge on any atom is 0.267 e. The molecule has 0 unspecified atom stereocenters. The molecule has 32 heavy (non-hydrogen) atoms. The third-order valence-corrected chi connectivity index (χ3v) is 4.79. The maximum atomic E-state index is 11.8. The van der Waals surface area contributed by atoms with Gasteiger partial charge in [0.25, 0.3) is 5.91 Å². The van der Waals surface area contributed by atoms with Crippen LogP contribution in [0.1, 0.15) is 43.9 Å². The molecule has 5 N–H and O–H groups in total. The van der Waals surface area contributed by atoms with Gasteiger partial charge in [-0.25, -0.2) is 9.98 Å². The minimum absolute atomic E-state index is 0.0111. The van der Waals surface area contributed by atoms with Crippen LogP contribution in [0.25, 0.3) is 5.70 Å². The zero-order chi connectivity index (χ0) is 23.3. The molecule has 9 heteroatoms. The molecule has 0 bridgehead atoms. The number of hydrogen-bond acceptors (Lipinski definition) is 7. The Labute approximate surface area is 186 Å². The SMILES string of the molecule is C=C(/N=C(\C=C(/C)N[C@@H](C)C(N)=O)C(N)=O)c1ccc(Oc2cnc(C3CC3)cn2)cc1. The number of aromatic nitrogens is 2. The number of allylic oxidation sites excluding steroid dienone is 1. The van der Waals surface area contributed by atoms with E-state index in [1.165, 1.54) is 18.9 Å². The van der Waals surface area contributed by atoms with E-state index in [1.807, 2.05) is 0 Å². The molecule has 1 aliphatic carbocycles. The summed E-state index contributed by atoms with van der Waals surface area (Å²) in [7, 11) is 0. The highest BCUT2D eigenvalue weighted by atomic mass is 16.5. The number of ether oxygens (including phenoxy) is 1. The highest BCUT2D eigenvalue weighted by molar-refractivity contribution is 6.43. The fourth-order valence-electron chi connectivity index (χ4n) is 2.83. The first-order chi connectivity index (χ1) is 15.2. The average Bonchev–Trinajstić information content (AvgIpc) is 3.59. The van der Waals surface area contributed by atoms with E-state index in [2.05, 4.69) is 26.9 Å². The third kappa shape index (κ3) is 6.24. The van der Waals surface area contributed by atoms with Gasteiger partial charge in [0.05, 0.1) is 23.8 Å². The number of primary amides is 2. The van der Waals surface area contributed by atoms with E-state index >= 15 is 0 Å². The Morgan fingerprint density at radius 3 is 2.44 bits per heavy atom. The summed E-state index contributed by atoms with van der Waals surface area (Å²) in [6.07, 6.45) is 7.13. The quantitative estimate of drug-likeness (QED) is 0.490. The number of benzene rings is 1. The number of nitrogens with zero attached hydrogens (tertiary/aromatic N) is 3. The molecule has 9 nitrogen and oxygen atoms in total. The van der Waals surface area contributed by atoms with Gasteiger partial charge in [0.15, 0.2) is 0 Å². The summed E-state index contributed by atoms with van der Waals surface area (Å²) < 4.78 is 5.73. The summed E-state index contributed by atoms with van der Waals surface area (Å²) in [6.45, 7) is 7.19. The minimum atomic E-state index is -0.729. The molecule has 0 spiro atoms. The molecule has 1 heterocycles. The van der Waals surface area contributed by atoms with Crippen molar-refractivity contribution >= 4 is 23.2 Å². The summed E-state index contributed by atoms with van der Waals surface area (Å²) in [5.41, 5.74) is 13.2. The Morgan fingerprint density at radius 2 is 1.91 bits per heavy atom. The summed E-state index contributed by atoms with van der Waals surface area (Å²) >= 11 is 0. The fraction of sp³-hybridized carbons (Fsp3) is 0.261. The van der Waals surface area contributed by atoms with Crippen LogP contribution in [-0.4, -0.2) is 33.5 Å². The number of rotatable bonds is 10. The van der Waals surface area contributed by atoms with Crippen LogP contribution in [0.2, 0.25) is 0 Å². The zero-order valence-electron chi connectivity index (χ0n) is 18.0. The van der Waals surface area contributed by atoms with Crippen LogP contribution in [0.3, 0.4) is 0 Å². The predicted octanol–water partition coefficient (Wildman–Crippen LogP) is 2.41. The minimum Gasteiger partial charge on any atom is -0.438 e. The van der Waals surface area contributed by atoms with Crippen LogP contribution in [-0.2, 0) is 9.59 Å². The molecule has 3 rings (SSSR count). The van der Waals surface area contributed by atoms with Gasteiger partial charge in [-0.3, -0.25) is 14.6 Å². The van der Waals surface area contributed by atoms with Gasteiger partial charge in [0.2, 0.25) is 11.8 Å². The molecule has 2 amide bonds. The standard InChI is InChI=1S/C23H26N6O3/c1-13(28-15(3)22(24)30)10-19(23(25)31)29-14(2)16-6-8-18(9-7-16)32-21-12-26-20(11-27-21)17-4-5-17/h6-12,15,17,28H,2,4-5H2,1,3H3,(H2,24,30)(H2,25,31)/b13-10+,29-19+/t15-/m0/s1. The molecule has 1 saturated carbocycles. The lowest BCUT2D eigenvalue weighted by atomic mass is 10.1. The summed E-state index contributed by atoms with van der Waals surface area (Å²) in [4.78, 5) is 35.9. The van der Waals surface area contributed by atoms with Crippen LogP contribution < -0.4 is 21.5 Å². The molecule has 0 aliphatic heterocycles. The summed E-state index contributed by atoms with van der Waals surface area (Å²) in [6, 6.07) is 6.40. The Hall–Kier alpha value is -4.01. The summed E-state index contributed by atoms with van der Waals surface area (Å²) in [5, 5.41) is 2.86. The number of hydrogen-bond donors (Lipinski definition) is 3. The second kappa shape index (κ2) is 9.86. The fourth-order valence-corrected chi connectivity index (χ4v) is 2.83. The molecular formula is C23H26N6O3. The van der Waals surface area contributed by atoms with E-state index in [4.69, 9.17) is 16.2 Å². The topological polar surface area (TPSA) is 146 Å². The molecule has 2 aromatic rings. The molecule has 1 fully saturated rings. The Kier molecular flexibility index (Phi) is 6.99. The third-order valence-electron chi connectivity index (χ3n) is 4.79. The number of nitrogens with two attached hydrogens (primary N) is 2. The van der Waals surface area contributed by atoms with E-state index in [-0.39, 0.29) is 5.71 Å². The van der Waals surface area contributed by atoms with Crippen molar-refractivity contribution in [1.29, 1.82) is 0 Å². The molecule has 1 atom stereocenters. The average molecular weight is 435 g/mol. The first kappa shape index (κ1) is 22.7. The summed E-state index contributed by atoms with van der Waals surface area (Å²) in [5.74, 6) is 0.274. The van der Waals surface area contributed by atoms with Gasteiger partial charge in [-0.15, -0.1) is 0 Å². The molecule has 1 aliphatic rings. The number of carbonyl (C=O) groups excluding carboxylic acids is 2. The smallest absolute Gasteiger partial charge is 0.267 e. The highest BCUT2D eigenvalue weighted by Gasteiger charge is 2.25. The lowest BCUT2D eigenvalue weighted by molar-refractivity contribution is -0.119. The predicted molar refractivity (Wildman–Crippen MR) is 122 cm³/mol. The Balaban J connectivity index is 1.67. The zero-order valence-corrected chi connectivity index (χ0v) is 18.0. The van der Waals surface area contributed by atoms with Gasteiger partial charge in [-0.05, 0) is 62.6 Å². The van der Waals surface area contributed by atoms with Gasteiger partial charge >= 0.3 is 0 Å². The van der Waals surface area contributed by atoms with Crippen molar-refractivity contribution in [2.24, 2.45) is 16.5 Å². The number of amides is 2. The van der Waals surface area contributed by atoms with Crippen LogP contribution in [0.5, 0.6) is 11.6 Å². The van der Waals surface area contributed by atoms with Crippen molar-refractivity contribution in [3.63, 3.8) is 0 Å². The van der Waals surface area contributed by atoms with Crippen LogP contribution in [0.15, 0.2) is 60.0 Å². The van der Waals surface area contributed by atoms with E-state index in [0.29, 0.717) is 34.5 Å². The lowest BCUT2D eigenvalue weighted by Crippen LogP contribution is -2.38. The molecule has 166 valence electrons. The van der Waals surface area contributed by atoms with Crippen molar-refractivity contribution in [1.82, 2.24) is 15.3 Å². The van der Waals surface area contributed by atoms with Crippen molar-refractivity contribution < 1.29 is 14.3 Å². The van der Waals surface area contributed by atoms with Crippen LogP contribution in [0, 0.1) is 0 Å². The van der Waals surface area contributed by atoms with Crippen LogP contribution in [0.4, 0.5) is 0 Å². The normalized spacial score (nSPS) is 15.1. The van der Waals surface area contributed by atoms with Gasteiger partial charge in [-0.2, -0.15) is 0 Å². The second-order valence-electron chi connectivity index (χ2n) is 7.58. The maximum absolute atomic E-state index is 11.8. The second-order valence-corrected chi connectivity index (χ2v) is 7.58. The first-order valence-electron chi connectivity index (χ1n) is 10.1. The van der Waals surface area contributed by atoms with Gasteiger partial charge in [0.1, 0.15) is 17.5 Å². The van der Waals surface area contributed by atoms with E-state index in [0.717, 1.165) is 5.69 Å². The van der Waals surface area contributed by atoms with Crippen LogP contribution >= 0.6 is 0 Å². The number of carbonyl (C=O) groups is 2.